The second-order valence-corrected chi connectivity index (χ2v) is 4.35. The maximum Gasteiger partial charge on any atom is 0.347 e. The zero-order valence-corrected chi connectivity index (χ0v) is 10.8. The standard InChI is InChI=1S/C14H10O7/c1-2-9(15)18-5-3-4-10(16)20-12-8-6-7-11(19-8)13(12)21-14(7)17/h2,6H,1,3-5H2. The number of carbonyl (C=O) groups is 3. The van der Waals surface area contributed by atoms with E-state index < -0.39 is 17.9 Å². The zero-order chi connectivity index (χ0) is 15.0. The van der Waals surface area contributed by atoms with Gasteiger partial charge in [-0.1, -0.05) is 6.58 Å². The monoisotopic (exact) mass is 290 g/mol. The SMILES string of the molecule is C=CC(=O)OCCCC(=O)Oc1c2c3oc1cc3C(=O)O2. The number of carbonyl (C=O) groups excluding carboxylic acids is 3. The van der Waals surface area contributed by atoms with Crippen LogP contribution in [0.4, 0.5) is 0 Å². The Labute approximate surface area is 118 Å². The Balaban J connectivity index is 1.55. The van der Waals surface area contributed by atoms with Crippen LogP contribution in [0.1, 0.15) is 23.2 Å². The molecule has 3 heterocycles. The van der Waals surface area contributed by atoms with Gasteiger partial charge in [0.2, 0.25) is 11.5 Å². The molecular formula is C14H10O7. The first-order valence-corrected chi connectivity index (χ1v) is 6.21. The highest BCUT2D eigenvalue weighted by molar-refractivity contribution is 6.10. The molecule has 3 rings (SSSR count). The highest BCUT2D eigenvalue weighted by atomic mass is 16.6. The lowest BCUT2D eigenvalue weighted by atomic mass is 10.2. The summed E-state index contributed by atoms with van der Waals surface area (Å²) in [5, 5.41) is 0. The van der Waals surface area contributed by atoms with Crippen molar-refractivity contribution >= 4 is 29.1 Å². The Bertz CT molecular complexity index is 740. The van der Waals surface area contributed by atoms with Gasteiger partial charge in [0, 0.05) is 18.6 Å². The molecule has 1 aliphatic rings. The second kappa shape index (κ2) is 4.93. The first kappa shape index (κ1) is 13.2. The fraction of sp³-hybridized carbons (Fsp3) is 0.214. The molecule has 0 fully saturated rings. The third-order valence-electron chi connectivity index (χ3n) is 2.94. The van der Waals surface area contributed by atoms with Crippen molar-refractivity contribution < 1.29 is 33.0 Å². The lowest BCUT2D eigenvalue weighted by Crippen LogP contribution is -2.10. The molecule has 0 N–H and O–H groups in total. The van der Waals surface area contributed by atoms with Crippen LogP contribution in [0, 0.1) is 0 Å². The van der Waals surface area contributed by atoms with Crippen molar-refractivity contribution in [3.63, 3.8) is 0 Å². The lowest BCUT2D eigenvalue weighted by molar-refractivity contribution is -0.140. The molecule has 0 unspecified atom stereocenters. The van der Waals surface area contributed by atoms with Crippen LogP contribution in [0.2, 0.25) is 0 Å². The molecule has 1 aliphatic heterocycles. The largest absolute Gasteiger partial charge is 0.463 e. The number of fused-ring (bicyclic) bond motifs is 1. The summed E-state index contributed by atoms with van der Waals surface area (Å²) in [4.78, 5) is 33.9. The molecule has 0 saturated heterocycles. The summed E-state index contributed by atoms with van der Waals surface area (Å²) in [6, 6.07) is 1.47. The van der Waals surface area contributed by atoms with Crippen molar-refractivity contribution in [3.8, 4) is 11.5 Å². The minimum Gasteiger partial charge on any atom is -0.463 e. The predicted octanol–water partition coefficient (Wildman–Crippen LogP) is 1.82. The molecule has 2 aromatic heterocycles. The maximum absolute atomic E-state index is 11.7. The first-order chi connectivity index (χ1) is 10.1. The number of benzene rings is 1. The van der Waals surface area contributed by atoms with Crippen LogP contribution in [-0.2, 0) is 14.3 Å². The molecule has 0 atom stereocenters. The predicted molar refractivity (Wildman–Crippen MR) is 68.4 cm³/mol. The van der Waals surface area contributed by atoms with Gasteiger partial charge in [-0.25, -0.2) is 9.59 Å². The van der Waals surface area contributed by atoms with Crippen LogP contribution >= 0.6 is 0 Å². The smallest absolute Gasteiger partial charge is 0.347 e. The summed E-state index contributed by atoms with van der Waals surface area (Å²) >= 11 is 0. The van der Waals surface area contributed by atoms with E-state index >= 15 is 0 Å². The number of rotatable bonds is 6. The van der Waals surface area contributed by atoms with Gasteiger partial charge in [0.15, 0.2) is 11.2 Å². The molecule has 0 amide bonds. The molecule has 0 spiro atoms. The zero-order valence-electron chi connectivity index (χ0n) is 10.8. The van der Waals surface area contributed by atoms with E-state index in [1.807, 2.05) is 0 Å². The molecule has 0 aliphatic carbocycles. The molecule has 2 aromatic rings. The quantitative estimate of drug-likeness (QED) is 0.347. The van der Waals surface area contributed by atoms with Crippen molar-refractivity contribution in [1.29, 1.82) is 0 Å². The fourth-order valence-corrected chi connectivity index (χ4v) is 1.99. The van der Waals surface area contributed by atoms with E-state index in [9.17, 15) is 14.4 Å². The summed E-state index contributed by atoms with van der Waals surface area (Å²) < 4.78 is 20.1. The van der Waals surface area contributed by atoms with E-state index in [1.165, 1.54) is 6.07 Å². The van der Waals surface area contributed by atoms with E-state index in [1.54, 1.807) is 0 Å². The maximum atomic E-state index is 11.7. The molecular weight excluding hydrogens is 280 g/mol. The van der Waals surface area contributed by atoms with Crippen molar-refractivity contribution in [3.05, 3.63) is 24.3 Å². The summed E-state index contributed by atoms with van der Waals surface area (Å²) in [6.45, 7) is 3.35. The third-order valence-corrected chi connectivity index (χ3v) is 2.94. The number of ether oxygens (including phenoxy) is 3. The minimum absolute atomic E-state index is 0.0499. The van der Waals surface area contributed by atoms with E-state index in [0.717, 1.165) is 6.08 Å². The van der Waals surface area contributed by atoms with Gasteiger partial charge in [0.25, 0.3) is 0 Å². The molecule has 108 valence electrons. The van der Waals surface area contributed by atoms with Crippen LogP contribution in [0.3, 0.4) is 0 Å². The van der Waals surface area contributed by atoms with Crippen molar-refractivity contribution in [1.82, 2.24) is 0 Å². The van der Waals surface area contributed by atoms with Crippen LogP contribution in [0.25, 0.3) is 11.2 Å². The van der Waals surface area contributed by atoms with Crippen molar-refractivity contribution in [2.75, 3.05) is 6.61 Å². The van der Waals surface area contributed by atoms with Crippen LogP contribution < -0.4 is 9.47 Å². The Kier molecular flexibility index (Phi) is 3.09. The highest BCUT2D eigenvalue weighted by Crippen LogP contribution is 2.49. The van der Waals surface area contributed by atoms with E-state index in [4.69, 9.17) is 18.6 Å². The van der Waals surface area contributed by atoms with E-state index in [2.05, 4.69) is 6.58 Å². The molecule has 7 heteroatoms. The summed E-state index contributed by atoms with van der Waals surface area (Å²) in [5.41, 5.74) is 0.945. The molecule has 7 nitrogen and oxygen atoms in total. The minimum atomic E-state index is -0.544. The Morgan fingerprint density at radius 1 is 1.38 bits per heavy atom. The normalized spacial score (nSPS) is 12.5. The average molecular weight is 290 g/mol. The number of esters is 3. The number of hydrogen-bond donors (Lipinski definition) is 0. The van der Waals surface area contributed by atoms with Crippen molar-refractivity contribution in [2.24, 2.45) is 0 Å². The molecule has 0 saturated carbocycles. The number of hydrogen-bond acceptors (Lipinski definition) is 7. The Hall–Kier alpha value is -2.83. The van der Waals surface area contributed by atoms with Gasteiger partial charge in [-0.05, 0) is 6.42 Å². The fourth-order valence-electron chi connectivity index (χ4n) is 1.99. The highest BCUT2D eigenvalue weighted by Gasteiger charge is 2.36. The van der Waals surface area contributed by atoms with Gasteiger partial charge in [-0.3, -0.25) is 4.79 Å². The average Bonchev–Trinajstić information content (AvgIpc) is 3.08. The number of furan rings is 2. The van der Waals surface area contributed by atoms with Crippen molar-refractivity contribution in [2.45, 2.75) is 12.8 Å². The molecule has 0 radical (unpaired) electrons. The van der Waals surface area contributed by atoms with Gasteiger partial charge in [-0.2, -0.15) is 0 Å². The summed E-state index contributed by atoms with van der Waals surface area (Å²) in [7, 11) is 0. The third kappa shape index (κ3) is 2.22. The van der Waals surface area contributed by atoms with Crippen LogP contribution in [0.5, 0.6) is 11.5 Å². The Morgan fingerprint density at radius 2 is 2.19 bits per heavy atom. The lowest BCUT2D eigenvalue weighted by Gasteiger charge is -2.04. The topological polar surface area (TPSA) is 92.0 Å². The van der Waals surface area contributed by atoms with Gasteiger partial charge in [0.1, 0.15) is 5.56 Å². The van der Waals surface area contributed by atoms with Gasteiger partial charge in [0.05, 0.1) is 6.61 Å². The molecule has 2 bridgehead atoms. The second-order valence-electron chi connectivity index (χ2n) is 4.35. The van der Waals surface area contributed by atoms with Gasteiger partial charge < -0.3 is 18.6 Å². The Morgan fingerprint density at radius 3 is 2.95 bits per heavy atom. The van der Waals surface area contributed by atoms with Crippen LogP contribution in [-0.4, -0.2) is 24.5 Å². The van der Waals surface area contributed by atoms with Gasteiger partial charge >= 0.3 is 17.9 Å². The molecule has 0 aromatic carbocycles. The summed E-state index contributed by atoms with van der Waals surface area (Å²) in [6.07, 6.45) is 1.41. The van der Waals surface area contributed by atoms with E-state index in [0.29, 0.717) is 23.2 Å². The van der Waals surface area contributed by atoms with Gasteiger partial charge in [-0.15, -0.1) is 0 Å². The summed E-state index contributed by atoms with van der Waals surface area (Å²) in [5.74, 6) is -1.32. The molecule has 21 heavy (non-hydrogen) atoms. The van der Waals surface area contributed by atoms with E-state index in [-0.39, 0.29) is 24.5 Å². The van der Waals surface area contributed by atoms with Crippen LogP contribution in [0.15, 0.2) is 23.1 Å². The first-order valence-electron chi connectivity index (χ1n) is 6.21.